The normalized spacial score (nSPS) is 11.8. The molecule has 1 unspecified atom stereocenters. The molecule has 0 spiro atoms. The molecule has 2 aromatic carbocycles. The van der Waals surface area contributed by atoms with Crippen molar-refractivity contribution in [2.45, 2.75) is 45.2 Å². The number of rotatable bonds is 12. The fraction of sp³-hybridized carbons (Fsp3) is 0.241. The number of carbonyl (C=O) groups excluding carboxylic acids is 1. The van der Waals surface area contributed by atoms with Gasteiger partial charge in [0.25, 0.3) is 5.91 Å². The fourth-order valence-electron chi connectivity index (χ4n) is 4.65. The molecule has 0 bridgehead atoms. The number of nitrogens with one attached hydrogen (secondary N) is 2. The number of carboxylic acid groups (broad SMARTS) is 1. The van der Waals surface area contributed by atoms with Crippen LogP contribution in [0.1, 0.15) is 47.2 Å². The number of benzene rings is 2. The number of carbonyl (C=O) groups is 2. The lowest BCUT2D eigenvalue weighted by atomic mass is 10.0. The third-order valence-electron chi connectivity index (χ3n) is 6.60. The van der Waals surface area contributed by atoms with Crippen molar-refractivity contribution in [1.82, 2.24) is 45.7 Å². The van der Waals surface area contributed by atoms with Crippen molar-refractivity contribution in [2.24, 2.45) is 0 Å². The van der Waals surface area contributed by atoms with E-state index in [4.69, 9.17) is 11.6 Å². The molecule has 0 saturated heterocycles. The molecule has 13 heteroatoms. The number of hydrogen-bond donors (Lipinski definition) is 3. The molecule has 0 aliphatic carbocycles. The quantitative estimate of drug-likeness (QED) is 0.196. The Balaban J connectivity index is 1.33. The Morgan fingerprint density at radius 2 is 1.86 bits per heavy atom. The van der Waals surface area contributed by atoms with Crippen molar-refractivity contribution in [3.8, 4) is 22.6 Å². The predicted molar refractivity (Wildman–Crippen MR) is 155 cm³/mol. The van der Waals surface area contributed by atoms with E-state index >= 15 is 0 Å². The zero-order valence-corrected chi connectivity index (χ0v) is 23.5. The van der Waals surface area contributed by atoms with Crippen molar-refractivity contribution in [3.63, 3.8) is 0 Å². The summed E-state index contributed by atoms with van der Waals surface area (Å²) >= 11 is 6.27. The lowest BCUT2D eigenvalue weighted by Gasteiger charge is -2.17. The average molecular weight is 586 g/mol. The standard InChI is InChI=1S/C29H28ClN9O3/c1-2-7-21-14-25(29(42)33-19(13-27(40)41)12-18-8-3-6-11-24(18)30)36-39(21)17-20-15-32-26(16-31-20)22-9-4-5-10-23(22)28-34-37-38-35-28/h3-6,8-11,14-16,19H,2,7,12-13,17H2,1H3,(H,33,42)(H,40,41)(H,34,35,37,38). The van der Waals surface area contributed by atoms with Gasteiger partial charge in [-0.05, 0) is 41.0 Å². The van der Waals surface area contributed by atoms with Gasteiger partial charge in [0, 0.05) is 27.9 Å². The summed E-state index contributed by atoms with van der Waals surface area (Å²) in [5, 5.41) is 31.4. The SMILES string of the molecule is CCCc1cc(C(=O)NC(CC(=O)O)Cc2ccccc2Cl)nn1Cc1cnc(-c2ccccc2-c2nnn[nH]2)cn1. The van der Waals surface area contributed by atoms with Crippen molar-refractivity contribution >= 4 is 23.5 Å². The second kappa shape index (κ2) is 13.1. The monoisotopic (exact) mass is 585 g/mol. The first-order valence-electron chi connectivity index (χ1n) is 13.4. The van der Waals surface area contributed by atoms with Crippen LogP contribution in [0.2, 0.25) is 5.02 Å². The molecule has 42 heavy (non-hydrogen) atoms. The molecule has 0 radical (unpaired) electrons. The average Bonchev–Trinajstić information content (AvgIpc) is 3.66. The Morgan fingerprint density at radius 1 is 1.07 bits per heavy atom. The van der Waals surface area contributed by atoms with Gasteiger partial charge in [0.2, 0.25) is 0 Å². The molecule has 3 aromatic heterocycles. The van der Waals surface area contributed by atoms with Crippen molar-refractivity contribution < 1.29 is 14.7 Å². The van der Waals surface area contributed by atoms with Crippen molar-refractivity contribution in [2.75, 3.05) is 0 Å². The van der Waals surface area contributed by atoms with E-state index in [-0.39, 0.29) is 18.5 Å². The van der Waals surface area contributed by atoms with Gasteiger partial charge >= 0.3 is 5.97 Å². The van der Waals surface area contributed by atoms with E-state index in [1.165, 1.54) is 0 Å². The van der Waals surface area contributed by atoms with Gasteiger partial charge in [-0.3, -0.25) is 24.2 Å². The molecule has 1 amide bonds. The van der Waals surface area contributed by atoms with Crippen LogP contribution in [0.15, 0.2) is 67.0 Å². The molecule has 214 valence electrons. The molecule has 12 nitrogen and oxygen atoms in total. The first-order chi connectivity index (χ1) is 20.4. The third-order valence-corrected chi connectivity index (χ3v) is 6.97. The highest BCUT2D eigenvalue weighted by Crippen LogP contribution is 2.27. The van der Waals surface area contributed by atoms with Crippen LogP contribution >= 0.6 is 11.6 Å². The predicted octanol–water partition coefficient (Wildman–Crippen LogP) is 3.99. The summed E-state index contributed by atoms with van der Waals surface area (Å²) in [5.74, 6) is -0.948. The minimum Gasteiger partial charge on any atom is -0.481 e. The molecular weight excluding hydrogens is 558 g/mol. The molecule has 3 heterocycles. The topological polar surface area (TPSA) is 164 Å². The van der Waals surface area contributed by atoms with Gasteiger partial charge in [-0.2, -0.15) is 5.10 Å². The van der Waals surface area contributed by atoms with E-state index < -0.39 is 17.9 Å². The molecule has 0 aliphatic heterocycles. The molecule has 0 aliphatic rings. The van der Waals surface area contributed by atoms with Crippen molar-refractivity contribution in [1.29, 1.82) is 0 Å². The number of nitrogens with zero attached hydrogens (tertiary/aromatic N) is 7. The second-order valence-electron chi connectivity index (χ2n) is 9.68. The summed E-state index contributed by atoms with van der Waals surface area (Å²) < 4.78 is 1.73. The van der Waals surface area contributed by atoms with Crippen LogP contribution in [0.4, 0.5) is 0 Å². The molecule has 5 rings (SSSR count). The Labute approximate surface area is 246 Å². The van der Waals surface area contributed by atoms with Crippen LogP contribution < -0.4 is 5.32 Å². The molecular formula is C29H28ClN9O3. The summed E-state index contributed by atoms with van der Waals surface area (Å²) in [7, 11) is 0. The summed E-state index contributed by atoms with van der Waals surface area (Å²) in [6.45, 7) is 2.35. The van der Waals surface area contributed by atoms with Gasteiger partial charge < -0.3 is 10.4 Å². The Morgan fingerprint density at radius 3 is 2.55 bits per heavy atom. The Hall–Kier alpha value is -4.97. The highest BCUT2D eigenvalue weighted by Gasteiger charge is 2.22. The van der Waals surface area contributed by atoms with E-state index in [9.17, 15) is 14.7 Å². The Bertz CT molecular complexity index is 1670. The molecule has 3 N–H and O–H groups in total. The van der Waals surface area contributed by atoms with Gasteiger partial charge in [-0.1, -0.05) is 67.4 Å². The maximum atomic E-state index is 13.2. The van der Waals surface area contributed by atoms with Gasteiger partial charge in [-0.15, -0.1) is 5.10 Å². The number of amides is 1. The summed E-state index contributed by atoms with van der Waals surface area (Å²) in [4.78, 5) is 33.9. The lowest BCUT2D eigenvalue weighted by Crippen LogP contribution is -2.38. The minimum atomic E-state index is -1.02. The molecule has 1 atom stereocenters. The number of aliphatic carboxylic acids is 1. The van der Waals surface area contributed by atoms with E-state index in [1.807, 2.05) is 43.3 Å². The van der Waals surface area contributed by atoms with Crippen molar-refractivity contribution in [3.05, 3.63) is 94.7 Å². The van der Waals surface area contributed by atoms with Crippen LogP contribution in [0.5, 0.6) is 0 Å². The number of aromatic amines is 1. The van der Waals surface area contributed by atoms with Crippen LogP contribution in [0.3, 0.4) is 0 Å². The number of H-pyrrole nitrogens is 1. The number of aryl methyl sites for hydroxylation is 1. The number of carboxylic acids is 1. The van der Waals surface area contributed by atoms with Gasteiger partial charge in [-0.25, -0.2) is 5.10 Å². The summed E-state index contributed by atoms with van der Waals surface area (Å²) in [5.41, 5.74) is 4.76. The highest BCUT2D eigenvalue weighted by molar-refractivity contribution is 6.31. The van der Waals surface area contributed by atoms with Gasteiger partial charge in [0.1, 0.15) is 5.69 Å². The molecule has 0 saturated carbocycles. The summed E-state index contributed by atoms with van der Waals surface area (Å²) in [6, 6.07) is 15.8. The molecule has 5 aromatic rings. The van der Waals surface area contributed by atoms with Crippen LogP contribution in [0.25, 0.3) is 22.6 Å². The second-order valence-corrected chi connectivity index (χ2v) is 10.1. The van der Waals surface area contributed by atoms with Crippen LogP contribution in [-0.2, 0) is 24.2 Å². The van der Waals surface area contributed by atoms with E-state index in [2.05, 4.69) is 41.0 Å². The van der Waals surface area contributed by atoms with E-state index in [0.29, 0.717) is 35.2 Å². The third kappa shape index (κ3) is 6.84. The number of hydrogen-bond acceptors (Lipinski definition) is 8. The maximum Gasteiger partial charge on any atom is 0.305 e. The van der Waals surface area contributed by atoms with Gasteiger partial charge in [0.05, 0.1) is 36.7 Å². The van der Waals surface area contributed by atoms with Crippen LogP contribution in [0, 0.1) is 0 Å². The first kappa shape index (κ1) is 28.6. The van der Waals surface area contributed by atoms with E-state index in [1.54, 1.807) is 35.3 Å². The maximum absolute atomic E-state index is 13.2. The molecule has 0 fully saturated rings. The lowest BCUT2D eigenvalue weighted by molar-refractivity contribution is -0.137. The number of tetrazole rings is 1. The van der Waals surface area contributed by atoms with Crippen LogP contribution in [-0.4, -0.2) is 63.4 Å². The highest BCUT2D eigenvalue weighted by atomic mass is 35.5. The summed E-state index contributed by atoms with van der Waals surface area (Å²) in [6.07, 6.45) is 4.92. The Kier molecular flexibility index (Phi) is 8.93. The zero-order valence-electron chi connectivity index (χ0n) is 22.7. The largest absolute Gasteiger partial charge is 0.481 e. The first-order valence-corrected chi connectivity index (χ1v) is 13.8. The fourth-order valence-corrected chi connectivity index (χ4v) is 4.86. The van der Waals surface area contributed by atoms with E-state index in [0.717, 1.165) is 28.8 Å². The number of halogens is 1. The zero-order chi connectivity index (χ0) is 29.5. The smallest absolute Gasteiger partial charge is 0.305 e. The van der Waals surface area contributed by atoms with Gasteiger partial charge in [0.15, 0.2) is 5.82 Å². The number of aromatic nitrogens is 8. The minimum absolute atomic E-state index is 0.201.